The molecular formula is C23H27N5O4. The number of imidazole rings is 1. The van der Waals surface area contributed by atoms with Gasteiger partial charge in [-0.3, -0.25) is 13.9 Å². The van der Waals surface area contributed by atoms with Crippen molar-refractivity contribution in [1.82, 2.24) is 18.7 Å². The van der Waals surface area contributed by atoms with Crippen molar-refractivity contribution in [2.45, 2.75) is 32.5 Å². The normalized spacial score (nSPS) is 12.6. The lowest BCUT2D eigenvalue weighted by Gasteiger charge is -2.17. The van der Waals surface area contributed by atoms with E-state index in [1.54, 1.807) is 11.6 Å². The number of hydrogen-bond acceptors (Lipinski definition) is 6. The van der Waals surface area contributed by atoms with Crippen LogP contribution in [0.3, 0.4) is 0 Å². The van der Waals surface area contributed by atoms with E-state index in [-0.39, 0.29) is 30.4 Å². The standard InChI is InChI=1S/C23H27N5O4/c1-14(2)24-22-25-20-19(21(30)27(4)23(31)26(20)3)28(22)12-17(29)13-32-18-10-9-15-7-5-6-8-16(15)11-18/h5-11,14,17,29H,12-13H2,1-4H3,(H,24,25). The predicted octanol–water partition coefficient (Wildman–Crippen LogP) is 1.85. The van der Waals surface area contributed by atoms with Crippen LogP contribution in [0, 0.1) is 0 Å². The quantitative estimate of drug-likeness (QED) is 0.457. The molecule has 0 spiro atoms. The van der Waals surface area contributed by atoms with Gasteiger partial charge in [-0.1, -0.05) is 30.3 Å². The molecular weight excluding hydrogens is 410 g/mol. The topological polar surface area (TPSA) is 103 Å². The number of nitrogens with one attached hydrogen (secondary N) is 1. The van der Waals surface area contributed by atoms with Crippen LogP contribution in [0.15, 0.2) is 52.1 Å². The molecule has 0 aliphatic heterocycles. The van der Waals surface area contributed by atoms with Gasteiger partial charge in [0.2, 0.25) is 5.95 Å². The molecule has 0 aliphatic carbocycles. The highest BCUT2D eigenvalue weighted by Crippen LogP contribution is 2.21. The molecule has 2 heterocycles. The number of rotatable bonds is 7. The number of benzene rings is 2. The number of anilines is 1. The van der Waals surface area contributed by atoms with Crippen LogP contribution in [0.1, 0.15) is 13.8 Å². The van der Waals surface area contributed by atoms with Crippen LogP contribution in [-0.2, 0) is 20.6 Å². The third-order valence-electron chi connectivity index (χ3n) is 5.32. The Kier molecular flexibility index (Phi) is 5.75. The number of aliphatic hydroxyl groups is 1. The zero-order valence-corrected chi connectivity index (χ0v) is 18.6. The van der Waals surface area contributed by atoms with Crippen LogP contribution in [0.4, 0.5) is 5.95 Å². The molecule has 9 nitrogen and oxygen atoms in total. The molecule has 168 valence electrons. The van der Waals surface area contributed by atoms with Crippen molar-refractivity contribution in [3.05, 3.63) is 63.3 Å². The van der Waals surface area contributed by atoms with Crippen molar-refractivity contribution in [2.24, 2.45) is 14.1 Å². The molecule has 0 saturated heterocycles. The molecule has 0 saturated carbocycles. The molecule has 9 heteroatoms. The Morgan fingerprint density at radius 3 is 2.50 bits per heavy atom. The summed E-state index contributed by atoms with van der Waals surface area (Å²) < 4.78 is 9.80. The van der Waals surface area contributed by atoms with E-state index in [2.05, 4.69) is 10.3 Å². The minimum atomic E-state index is -0.909. The van der Waals surface area contributed by atoms with Crippen molar-refractivity contribution in [1.29, 1.82) is 0 Å². The number of aryl methyl sites for hydroxylation is 1. The number of aromatic nitrogens is 4. The lowest BCUT2D eigenvalue weighted by Crippen LogP contribution is -2.38. The summed E-state index contributed by atoms with van der Waals surface area (Å²) in [5.41, 5.74) is -0.398. The van der Waals surface area contributed by atoms with Crippen molar-refractivity contribution < 1.29 is 9.84 Å². The van der Waals surface area contributed by atoms with E-state index in [0.29, 0.717) is 11.7 Å². The fraction of sp³-hybridized carbons (Fsp3) is 0.348. The number of nitrogens with zero attached hydrogens (tertiary/aromatic N) is 4. The second-order valence-electron chi connectivity index (χ2n) is 8.20. The maximum Gasteiger partial charge on any atom is 0.332 e. The van der Waals surface area contributed by atoms with E-state index < -0.39 is 17.4 Å². The first kappa shape index (κ1) is 21.6. The highest BCUT2D eigenvalue weighted by molar-refractivity contribution is 5.83. The molecule has 1 atom stereocenters. The number of aliphatic hydroxyl groups excluding tert-OH is 1. The van der Waals surface area contributed by atoms with Gasteiger partial charge in [0, 0.05) is 20.1 Å². The molecule has 32 heavy (non-hydrogen) atoms. The largest absolute Gasteiger partial charge is 0.491 e. The third-order valence-corrected chi connectivity index (χ3v) is 5.32. The molecule has 0 aliphatic rings. The van der Waals surface area contributed by atoms with Gasteiger partial charge >= 0.3 is 5.69 Å². The lowest BCUT2D eigenvalue weighted by molar-refractivity contribution is 0.0938. The summed E-state index contributed by atoms with van der Waals surface area (Å²) in [6.45, 7) is 4.00. The van der Waals surface area contributed by atoms with Crippen molar-refractivity contribution in [3.63, 3.8) is 0 Å². The van der Waals surface area contributed by atoms with Gasteiger partial charge < -0.3 is 19.7 Å². The zero-order valence-electron chi connectivity index (χ0n) is 18.6. The van der Waals surface area contributed by atoms with E-state index in [0.717, 1.165) is 15.3 Å². The number of hydrogen-bond donors (Lipinski definition) is 2. The summed E-state index contributed by atoms with van der Waals surface area (Å²) >= 11 is 0. The molecule has 4 rings (SSSR count). The first-order chi connectivity index (χ1) is 15.3. The van der Waals surface area contributed by atoms with Crippen LogP contribution in [0.5, 0.6) is 5.75 Å². The van der Waals surface area contributed by atoms with Crippen LogP contribution in [-0.4, -0.2) is 42.5 Å². The maximum atomic E-state index is 12.9. The zero-order chi connectivity index (χ0) is 23.0. The average Bonchev–Trinajstić information content (AvgIpc) is 3.11. The fourth-order valence-corrected chi connectivity index (χ4v) is 3.71. The van der Waals surface area contributed by atoms with Crippen LogP contribution >= 0.6 is 0 Å². The minimum Gasteiger partial charge on any atom is -0.491 e. The summed E-state index contributed by atoms with van der Waals surface area (Å²) in [7, 11) is 3.00. The van der Waals surface area contributed by atoms with Gasteiger partial charge in [0.25, 0.3) is 5.56 Å². The number of fused-ring (bicyclic) bond motifs is 2. The smallest absolute Gasteiger partial charge is 0.332 e. The van der Waals surface area contributed by atoms with Crippen LogP contribution in [0.25, 0.3) is 21.9 Å². The highest BCUT2D eigenvalue weighted by Gasteiger charge is 2.21. The SMILES string of the molecule is CC(C)Nc1nc2c(c(=O)n(C)c(=O)n2C)n1CC(O)COc1ccc2ccccc2c1. The Labute approximate surface area is 184 Å². The van der Waals surface area contributed by atoms with Crippen molar-refractivity contribution in [2.75, 3.05) is 11.9 Å². The number of ether oxygens (including phenoxy) is 1. The summed E-state index contributed by atoms with van der Waals surface area (Å²) in [6.07, 6.45) is -0.909. The van der Waals surface area contributed by atoms with E-state index >= 15 is 0 Å². The van der Waals surface area contributed by atoms with Crippen molar-refractivity contribution in [3.8, 4) is 5.75 Å². The van der Waals surface area contributed by atoms with Crippen LogP contribution in [0.2, 0.25) is 0 Å². The fourth-order valence-electron chi connectivity index (χ4n) is 3.71. The van der Waals surface area contributed by atoms with Gasteiger partial charge in [-0.2, -0.15) is 4.98 Å². The van der Waals surface area contributed by atoms with Gasteiger partial charge in [0.05, 0.1) is 6.54 Å². The van der Waals surface area contributed by atoms with Gasteiger partial charge in [-0.25, -0.2) is 4.79 Å². The van der Waals surface area contributed by atoms with E-state index in [9.17, 15) is 14.7 Å². The first-order valence-corrected chi connectivity index (χ1v) is 10.5. The molecule has 0 amide bonds. The predicted molar refractivity (Wildman–Crippen MR) is 124 cm³/mol. The average molecular weight is 438 g/mol. The second kappa shape index (κ2) is 8.51. The molecule has 2 aromatic heterocycles. The Bertz CT molecular complexity index is 1400. The Morgan fingerprint density at radius 2 is 1.78 bits per heavy atom. The minimum absolute atomic E-state index is 0.0329. The Balaban J connectivity index is 1.63. The molecule has 0 bridgehead atoms. The lowest BCUT2D eigenvalue weighted by atomic mass is 10.1. The van der Waals surface area contributed by atoms with E-state index in [1.165, 1.54) is 11.6 Å². The molecule has 2 N–H and O–H groups in total. The molecule has 4 aromatic rings. The van der Waals surface area contributed by atoms with Gasteiger partial charge in [0.1, 0.15) is 18.5 Å². The van der Waals surface area contributed by atoms with Gasteiger partial charge in [-0.15, -0.1) is 0 Å². The van der Waals surface area contributed by atoms with E-state index in [1.807, 2.05) is 56.3 Å². The summed E-state index contributed by atoms with van der Waals surface area (Å²) in [6, 6.07) is 13.8. The van der Waals surface area contributed by atoms with Gasteiger partial charge in [0.15, 0.2) is 11.2 Å². The molecule has 2 aromatic carbocycles. The summed E-state index contributed by atoms with van der Waals surface area (Å²) in [5, 5.41) is 16.1. The highest BCUT2D eigenvalue weighted by atomic mass is 16.5. The Hall–Kier alpha value is -3.59. The first-order valence-electron chi connectivity index (χ1n) is 10.5. The maximum absolute atomic E-state index is 12.9. The van der Waals surface area contributed by atoms with Crippen molar-refractivity contribution >= 4 is 27.9 Å². The molecule has 0 fully saturated rings. The third kappa shape index (κ3) is 3.99. The second-order valence-corrected chi connectivity index (χ2v) is 8.20. The van der Waals surface area contributed by atoms with Gasteiger partial charge in [-0.05, 0) is 36.8 Å². The van der Waals surface area contributed by atoms with E-state index in [4.69, 9.17) is 4.74 Å². The summed E-state index contributed by atoms with van der Waals surface area (Å²) in [5.74, 6) is 1.06. The van der Waals surface area contributed by atoms with Crippen LogP contribution < -0.4 is 21.3 Å². The summed E-state index contributed by atoms with van der Waals surface area (Å²) in [4.78, 5) is 29.6. The Morgan fingerprint density at radius 1 is 1.06 bits per heavy atom. The molecule has 1 unspecified atom stereocenters. The monoisotopic (exact) mass is 437 g/mol. The molecule has 0 radical (unpaired) electrons.